The molecule has 4 rings (SSSR count). The van der Waals surface area contributed by atoms with E-state index in [2.05, 4.69) is 9.97 Å². The summed E-state index contributed by atoms with van der Waals surface area (Å²) in [6.07, 6.45) is 4.85. The van der Waals surface area contributed by atoms with Gasteiger partial charge in [-0.05, 0) is 30.2 Å². The number of nitrogens with zero attached hydrogens (tertiary/aromatic N) is 2. The first-order valence-corrected chi connectivity index (χ1v) is 8.98. The quantitative estimate of drug-likeness (QED) is 0.761. The number of hydrogen-bond acceptors (Lipinski definition) is 2. The van der Waals surface area contributed by atoms with Gasteiger partial charge in [0.25, 0.3) is 5.91 Å². The van der Waals surface area contributed by atoms with E-state index in [4.69, 9.17) is 0 Å². The van der Waals surface area contributed by atoms with Crippen molar-refractivity contribution in [1.82, 2.24) is 19.8 Å². The highest BCUT2D eigenvalue weighted by Gasteiger charge is 2.23. The molecule has 0 radical (unpaired) electrons. The molecule has 6 nitrogen and oxygen atoms in total. The maximum Gasteiger partial charge on any atom is 0.270 e. The highest BCUT2D eigenvalue weighted by Crippen LogP contribution is 2.19. The van der Waals surface area contributed by atoms with Crippen LogP contribution in [0.5, 0.6) is 0 Å². The second kappa shape index (κ2) is 7.07. The lowest BCUT2D eigenvalue weighted by molar-refractivity contribution is -0.130. The Balaban J connectivity index is 1.40. The van der Waals surface area contributed by atoms with E-state index in [1.807, 2.05) is 46.3 Å². The minimum atomic E-state index is 0.000859. The van der Waals surface area contributed by atoms with Gasteiger partial charge in [-0.2, -0.15) is 0 Å². The van der Waals surface area contributed by atoms with Gasteiger partial charge in [-0.25, -0.2) is 0 Å². The molecule has 3 aromatic rings. The molecule has 26 heavy (non-hydrogen) atoms. The third kappa shape index (κ3) is 3.22. The van der Waals surface area contributed by atoms with Gasteiger partial charge in [-0.1, -0.05) is 18.2 Å². The number of carbonyl (C=O) groups excluding carboxylic acids is 2. The Kier molecular flexibility index (Phi) is 4.48. The van der Waals surface area contributed by atoms with Gasteiger partial charge in [0.1, 0.15) is 5.69 Å². The van der Waals surface area contributed by atoms with Crippen LogP contribution >= 0.6 is 0 Å². The van der Waals surface area contributed by atoms with Gasteiger partial charge in [-0.3, -0.25) is 9.59 Å². The first-order chi connectivity index (χ1) is 12.7. The number of amides is 2. The Bertz CT molecular complexity index is 913. The molecule has 0 spiro atoms. The van der Waals surface area contributed by atoms with E-state index in [0.717, 1.165) is 22.9 Å². The fourth-order valence-electron chi connectivity index (χ4n) is 3.56. The zero-order chi connectivity index (χ0) is 17.9. The Morgan fingerprint density at radius 2 is 1.73 bits per heavy atom. The monoisotopic (exact) mass is 350 g/mol. The van der Waals surface area contributed by atoms with Crippen LogP contribution in [-0.4, -0.2) is 57.8 Å². The zero-order valence-corrected chi connectivity index (χ0v) is 14.6. The van der Waals surface area contributed by atoms with E-state index in [-0.39, 0.29) is 11.8 Å². The van der Waals surface area contributed by atoms with Crippen LogP contribution in [-0.2, 0) is 11.2 Å². The van der Waals surface area contributed by atoms with Crippen LogP contribution in [0.1, 0.15) is 22.5 Å². The number of nitrogens with one attached hydrogen (secondary N) is 2. The molecule has 0 saturated carbocycles. The number of H-pyrrole nitrogens is 2. The first kappa shape index (κ1) is 16.4. The molecule has 0 aliphatic carbocycles. The van der Waals surface area contributed by atoms with Crippen molar-refractivity contribution < 1.29 is 9.59 Å². The molecule has 0 bridgehead atoms. The van der Waals surface area contributed by atoms with Crippen molar-refractivity contribution >= 4 is 22.7 Å². The Hall–Kier alpha value is -3.02. The lowest BCUT2D eigenvalue weighted by Crippen LogP contribution is -2.38. The maximum absolute atomic E-state index is 12.8. The van der Waals surface area contributed by atoms with Gasteiger partial charge in [0.15, 0.2) is 0 Å². The summed E-state index contributed by atoms with van der Waals surface area (Å²) in [5, 5.41) is 1.10. The van der Waals surface area contributed by atoms with E-state index in [0.29, 0.717) is 38.3 Å². The van der Waals surface area contributed by atoms with Crippen molar-refractivity contribution in [3.05, 3.63) is 60.0 Å². The molecule has 2 aromatic heterocycles. The fourth-order valence-corrected chi connectivity index (χ4v) is 3.56. The number of carbonyl (C=O) groups is 2. The van der Waals surface area contributed by atoms with Gasteiger partial charge >= 0.3 is 0 Å². The summed E-state index contributed by atoms with van der Waals surface area (Å²) < 4.78 is 0. The van der Waals surface area contributed by atoms with Crippen LogP contribution in [0.3, 0.4) is 0 Å². The summed E-state index contributed by atoms with van der Waals surface area (Å²) in [7, 11) is 0. The second-order valence-corrected chi connectivity index (χ2v) is 6.65. The number of fused-ring (bicyclic) bond motifs is 1. The molecule has 2 amide bonds. The SMILES string of the molecule is O=C(Cc1c[nH]c2ccccc12)N1CCCN(C(=O)c2ccc[nH]2)CC1. The Morgan fingerprint density at radius 1 is 0.923 bits per heavy atom. The van der Waals surface area contributed by atoms with E-state index < -0.39 is 0 Å². The third-order valence-electron chi connectivity index (χ3n) is 4.98. The molecule has 0 atom stereocenters. The number of hydrogen-bond donors (Lipinski definition) is 2. The van der Waals surface area contributed by atoms with Gasteiger partial charge in [0, 0.05) is 49.5 Å². The summed E-state index contributed by atoms with van der Waals surface area (Å²) in [5.74, 6) is 0.116. The number of para-hydroxylation sites is 1. The molecular formula is C20H22N4O2. The maximum atomic E-state index is 12.8. The van der Waals surface area contributed by atoms with Crippen LogP contribution in [0.4, 0.5) is 0 Å². The van der Waals surface area contributed by atoms with Crippen LogP contribution in [0.2, 0.25) is 0 Å². The minimum Gasteiger partial charge on any atom is -0.361 e. The standard InChI is InChI=1S/C20H22N4O2/c25-19(13-15-14-22-17-6-2-1-5-16(15)17)23-9-4-10-24(12-11-23)20(26)18-7-3-8-21-18/h1-3,5-8,14,21-22H,4,9-13H2. The fraction of sp³-hybridized carbons (Fsp3) is 0.300. The minimum absolute atomic E-state index is 0.000859. The zero-order valence-electron chi connectivity index (χ0n) is 14.6. The average Bonchev–Trinajstić information content (AvgIpc) is 3.26. The molecule has 1 aliphatic rings. The number of rotatable bonds is 3. The van der Waals surface area contributed by atoms with Crippen molar-refractivity contribution in [3.63, 3.8) is 0 Å². The van der Waals surface area contributed by atoms with E-state index >= 15 is 0 Å². The van der Waals surface area contributed by atoms with Crippen molar-refractivity contribution in [2.24, 2.45) is 0 Å². The number of benzene rings is 1. The van der Waals surface area contributed by atoms with Crippen molar-refractivity contribution in [2.75, 3.05) is 26.2 Å². The van der Waals surface area contributed by atoms with E-state index in [9.17, 15) is 9.59 Å². The average molecular weight is 350 g/mol. The highest BCUT2D eigenvalue weighted by molar-refractivity contribution is 5.92. The smallest absolute Gasteiger partial charge is 0.270 e. The molecule has 134 valence electrons. The normalized spacial score (nSPS) is 15.2. The topological polar surface area (TPSA) is 72.2 Å². The number of aromatic amines is 2. The van der Waals surface area contributed by atoms with Crippen molar-refractivity contribution in [3.8, 4) is 0 Å². The molecular weight excluding hydrogens is 328 g/mol. The van der Waals surface area contributed by atoms with Gasteiger partial charge in [-0.15, -0.1) is 0 Å². The summed E-state index contributed by atoms with van der Waals surface area (Å²) in [6, 6.07) is 11.6. The molecule has 3 heterocycles. The highest BCUT2D eigenvalue weighted by atomic mass is 16.2. The van der Waals surface area contributed by atoms with Crippen LogP contribution in [0, 0.1) is 0 Å². The lowest BCUT2D eigenvalue weighted by atomic mass is 10.1. The summed E-state index contributed by atoms with van der Waals surface area (Å²) in [5.41, 5.74) is 2.67. The summed E-state index contributed by atoms with van der Waals surface area (Å²) in [4.78, 5) is 35.1. The third-order valence-corrected chi connectivity index (χ3v) is 4.98. The van der Waals surface area contributed by atoms with Crippen LogP contribution < -0.4 is 0 Å². The summed E-state index contributed by atoms with van der Waals surface area (Å²) >= 11 is 0. The van der Waals surface area contributed by atoms with Gasteiger partial charge in [0.2, 0.25) is 5.91 Å². The second-order valence-electron chi connectivity index (χ2n) is 6.65. The van der Waals surface area contributed by atoms with Crippen molar-refractivity contribution in [2.45, 2.75) is 12.8 Å². The Labute approximate surface area is 151 Å². The molecule has 1 fully saturated rings. The van der Waals surface area contributed by atoms with E-state index in [1.54, 1.807) is 12.3 Å². The molecule has 1 saturated heterocycles. The van der Waals surface area contributed by atoms with Gasteiger partial charge < -0.3 is 19.8 Å². The molecule has 0 unspecified atom stereocenters. The molecule has 1 aromatic carbocycles. The molecule has 6 heteroatoms. The summed E-state index contributed by atoms with van der Waals surface area (Å²) in [6.45, 7) is 2.51. The van der Waals surface area contributed by atoms with Crippen LogP contribution in [0.15, 0.2) is 48.8 Å². The molecule has 2 N–H and O–H groups in total. The van der Waals surface area contributed by atoms with Crippen LogP contribution in [0.25, 0.3) is 10.9 Å². The lowest BCUT2D eigenvalue weighted by Gasteiger charge is -2.22. The predicted molar refractivity (Wildman–Crippen MR) is 99.9 cm³/mol. The predicted octanol–water partition coefficient (Wildman–Crippen LogP) is 2.41. The van der Waals surface area contributed by atoms with Crippen molar-refractivity contribution in [1.29, 1.82) is 0 Å². The van der Waals surface area contributed by atoms with Gasteiger partial charge in [0.05, 0.1) is 6.42 Å². The Morgan fingerprint density at radius 3 is 2.58 bits per heavy atom. The number of aromatic nitrogens is 2. The molecule has 1 aliphatic heterocycles. The largest absolute Gasteiger partial charge is 0.361 e. The van der Waals surface area contributed by atoms with E-state index in [1.165, 1.54) is 0 Å². The first-order valence-electron chi connectivity index (χ1n) is 8.98.